The molecule has 0 saturated heterocycles. The number of aromatic nitrogens is 1. The standard InChI is InChI=1S/C27H33NO5S/c1-6-31-25(27(29)32-7-2)17-21-10-13-23(16-18(21)3)33-15-14-24-19(4)34-26(28-24)20-8-11-22(30-5)12-9-20/h8-13,16,25H,6-7,14-15,17H2,1-5H3. The van der Waals surface area contributed by atoms with Crippen LogP contribution in [-0.2, 0) is 27.1 Å². The summed E-state index contributed by atoms with van der Waals surface area (Å²) in [5.41, 5.74) is 4.23. The number of hydrogen-bond acceptors (Lipinski definition) is 7. The Balaban J connectivity index is 1.58. The lowest BCUT2D eigenvalue weighted by molar-refractivity contribution is -0.156. The minimum atomic E-state index is -0.594. The van der Waals surface area contributed by atoms with Gasteiger partial charge in [0.15, 0.2) is 6.10 Å². The Kier molecular flexibility index (Phi) is 9.48. The van der Waals surface area contributed by atoms with Crippen LogP contribution in [0.4, 0.5) is 0 Å². The fourth-order valence-electron chi connectivity index (χ4n) is 3.62. The van der Waals surface area contributed by atoms with Gasteiger partial charge in [0.05, 0.1) is 26.0 Å². The molecule has 0 N–H and O–H groups in total. The number of rotatable bonds is 12. The van der Waals surface area contributed by atoms with Gasteiger partial charge in [-0.15, -0.1) is 11.3 Å². The summed E-state index contributed by atoms with van der Waals surface area (Å²) < 4.78 is 22.0. The van der Waals surface area contributed by atoms with Crippen molar-refractivity contribution in [1.82, 2.24) is 4.98 Å². The highest BCUT2D eigenvalue weighted by Gasteiger charge is 2.21. The van der Waals surface area contributed by atoms with Gasteiger partial charge in [-0.3, -0.25) is 0 Å². The van der Waals surface area contributed by atoms with Crippen molar-refractivity contribution < 1.29 is 23.7 Å². The highest BCUT2D eigenvalue weighted by molar-refractivity contribution is 7.15. The first-order valence-electron chi connectivity index (χ1n) is 11.6. The van der Waals surface area contributed by atoms with E-state index in [0.29, 0.717) is 26.2 Å². The summed E-state index contributed by atoms with van der Waals surface area (Å²) in [6, 6.07) is 13.9. The number of ether oxygens (including phenoxy) is 4. The number of esters is 1. The summed E-state index contributed by atoms with van der Waals surface area (Å²) in [5.74, 6) is 1.31. The lowest BCUT2D eigenvalue weighted by atomic mass is 10.0. The second-order valence-corrected chi connectivity index (χ2v) is 9.04. The molecule has 0 fully saturated rings. The molecule has 1 heterocycles. The molecule has 0 radical (unpaired) electrons. The molecule has 0 bridgehead atoms. The van der Waals surface area contributed by atoms with E-state index < -0.39 is 6.10 Å². The molecule has 0 aliphatic carbocycles. The topological polar surface area (TPSA) is 66.9 Å². The fourth-order valence-corrected chi connectivity index (χ4v) is 4.58. The summed E-state index contributed by atoms with van der Waals surface area (Å²) in [6.45, 7) is 9.12. The van der Waals surface area contributed by atoms with E-state index in [0.717, 1.165) is 45.3 Å². The molecular weight excluding hydrogens is 450 g/mol. The van der Waals surface area contributed by atoms with E-state index in [2.05, 4.69) is 6.92 Å². The first kappa shape index (κ1) is 25.7. The van der Waals surface area contributed by atoms with E-state index in [1.807, 2.05) is 56.3 Å². The Bertz CT molecular complexity index is 1080. The quantitative estimate of drug-likeness (QED) is 0.314. The Labute approximate surface area is 205 Å². The van der Waals surface area contributed by atoms with Crippen molar-refractivity contribution in [2.45, 2.75) is 46.6 Å². The maximum absolute atomic E-state index is 12.2. The van der Waals surface area contributed by atoms with Crippen LogP contribution in [0.15, 0.2) is 42.5 Å². The van der Waals surface area contributed by atoms with Crippen LogP contribution >= 0.6 is 11.3 Å². The zero-order valence-corrected chi connectivity index (χ0v) is 21.4. The summed E-state index contributed by atoms with van der Waals surface area (Å²) in [5, 5.41) is 1.00. The van der Waals surface area contributed by atoms with Gasteiger partial charge < -0.3 is 18.9 Å². The first-order chi connectivity index (χ1) is 16.4. The number of thiazole rings is 1. The summed E-state index contributed by atoms with van der Waals surface area (Å²) >= 11 is 1.69. The smallest absolute Gasteiger partial charge is 0.335 e. The highest BCUT2D eigenvalue weighted by Crippen LogP contribution is 2.29. The van der Waals surface area contributed by atoms with Gasteiger partial charge in [-0.25, -0.2) is 9.78 Å². The minimum Gasteiger partial charge on any atom is -0.497 e. The number of benzene rings is 2. The van der Waals surface area contributed by atoms with Crippen molar-refractivity contribution in [2.75, 3.05) is 26.9 Å². The molecule has 0 spiro atoms. The second kappa shape index (κ2) is 12.5. The molecule has 34 heavy (non-hydrogen) atoms. The predicted octanol–water partition coefficient (Wildman–Crippen LogP) is 5.57. The Morgan fingerprint density at radius 2 is 1.76 bits per heavy atom. The molecule has 0 saturated carbocycles. The normalized spacial score (nSPS) is 11.8. The fraction of sp³-hybridized carbons (Fsp3) is 0.407. The van der Waals surface area contributed by atoms with E-state index in [1.165, 1.54) is 4.88 Å². The second-order valence-electron chi connectivity index (χ2n) is 7.84. The summed E-state index contributed by atoms with van der Waals surface area (Å²) in [6.07, 6.45) is 0.613. The van der Waals surface area contributed by atoms with Crippen molar-refractivity contribution >= 4 is 17.3 Å². The third-order valence-corrected chi connectivity index (χ3v) is 6.54. The maximum atomic E-state index is 12.2. The Morgan fingerprint density at radius 1 is 1.03 bits per heavy atom. The maximum Gasteiger partial charge on any atom is 0.335 e. The number of nitrogens with zero attached hydrogens (tertiary/aromatic N) is 1. The molecule has 0 aliphatic heterocycles. The van der Waals surface area contributed by atoms with Crippen molar-refractivity contribution in [3.8, 4) is 22.1 Å². The zero-order valence-electron chi connectivity index (χ0n) is 20.6. The van der Waals surface area contributed by atoms with Gasteiger partial charge in [0, 0.05) is 29.9 Å². The van der Waals surface area contributed by atoms with Crippen LogP contribution in [0.1, 0.15) is 35.5 Å². The molecule has 3 aromatic rings. The van der Waals surface area contributed by atoms with Gasteiger partial charge >= 0.3 is 5.97 Å². The molecule has 0 amide bonds. The zero-order chi connectivity index (χ0) is 24.5. The molecular formula is C27H33NO5S. The van der Waals surface area contributed by atoms with Crippen LogP contribution in [0.2, 0.25) is 0 Å². The lowest BCUT2D eigenvalue weighted by Crippen LogP contribution is -2.29. The van der Waals surface area contributed by atoms with Crippen LogP contribution in [-0.4, -0.2) is 44.0 Å². The van der Waals surface area contributed by atoms with Gasteiger partial charge in [0.25, 0.3) is 0 Å². The number of carbonyl (C=O) groups is 1. The third-order valence-electron chi connectivity index (χ3n) is 5.47. The SMILES string of the molecule is CCOC(=O)C(Cc1ccc(OCCc2nc(-c3ccc(OC)cc3)sc2C)cc1C)OCC. The van der Waals surface area contributed by atoms with E-state index in [9.17, 15) is 4.79 Å². The minimum absolute atomic E-state index is 0.322. The van der Waals surface area contributed by atoms with E-state index in [-0.39, 0.29) is 5.97 Å². The van der Waals surface area contributed by atoms with E-state index >= 15 is 0 Å². The summed E-state index contributed by atoms with van der Waals surface area (Å²) in [7, 11) is 1.66. The molecule has 2 aromatic carbocycles. The molecule has 1 atom stereocenters. The number of methoxy groups -OCH3 is 1. The van der Waals surface area contributed by atoms with Crippen LogP contribution in [0, 0.1) is 13.8 Å². The molecule has 3 rings (SSSR count). The summed E-state index contributed by atoms with van der Waals surface area (Å²) in [4.78, 5) is 18.2. The highest BCUT2D eigenvalue weighted by atomic mass is 32.1. The molecule has 0 aliphatic rings. The van der Waals surface area contributed by atoms with E-state index in [4.69, 9.17) is 23.9 Å². The third kappa shape index (κ3) is 6.81. The van der Waals surface area contributed by atoms with Gasteiger partial charge in [-0.2, -0.15) is 0 Å². The van der Waals surface area contributed by atoms with Crippen molar-refractivity contribution in [1.29, 1.82) is 0 Å². The largest absolute Gasteiger partial charge is 0.497 e. The molecule has 1 aromatic heterocycles. The molecule has 6 nitrogen and oxygen atoms in total. The Morgan fingerprint density at radius 3 is 2.41 bits per heavy atom. The van der Waals surface area contributed by atoms with Crippen LogP contribution in [0.5, 0.6) is 11.5 Å². The monoisotopic (exact) mass is 483 g/mol. The van der Waals surface area contributed by atoms with Gasteiger partial charge in [0.1, 0.15) is 16.5 Å². The van der Waals surface area contributed by atoms with Gasteiger partial charge in [-0.05, 0) is 75.2 Å². The predicted molar refractivity (Wildman–Crippen MR) is 135 cm³/mol. The number of aryl methyl sites for hydroxylation is 2. The van der Waals surface area contributed by atoms with Crippen LogP contribution in [0.3, 0.4) is 0 Å². The van der Waals surface area contributed by atoms with Crippen molar-refractivity contribution in [3.63, 3.8) is 0 Å². The molecule has 1 unspecified atom stereocenters. The van der Waals surface area contributed by atoms with Gasteiger partial charge in [-0.1, -0.05) is 6.07 Å². The van der Waals surface area contributed by atoms with Crippen molar-refractivity contribution in [2.24, 2.45) is 0 Å². The van der Waals surface area contributed by atoms with Crippen LogP contribution in [0.25, 0.3) is 10.6 Å². The average Bonchev–Trinajstić information content (AvgIpc) is 3.20. The van der Waals surface area contributed by atoms with Crippen LogP contribution < -0.4 is 9.47 Å². The van der Waals surface area contributed by atoms with Gasteiger partial charge in [0.2, 0.25) is 0 Å². The molecule has 7 heteroatoms. The van der Waals surface area contributed by atoms with E-state index in [1.54, 1.807) is 25.4 Å². The first-order valence-corrected chi connectivity index (χ1v) is 12.4. The average molecular weight is 484 g/mol. The molecule has 182 valence electrons. The lowest BCUT2D eigenvalue weighted by Gasteiger charge is -2.17. The van der Waals surface area contributed by atoms with Crippen molar-refractivity contribution in [3.05, 3.63) is 64.2 Å². The Hall–Kier alpha value is -2.90. The number of hydrogen-bond donors (Lipinski definition) is 0. The number of carbonyl (C=O) groups excluding carboxylic acids is 1.